The Balaban J connectivity index is 2.32. The van der Waals surface area contributed by atoms with Crippen molar-refractivity contribution < 1.29 is 0 Å². The largest absolute Gasteiger partial charge is 0.202 e. The Labute approximate surface area is 102 Å². The van der Waals surface area contributed by atoms with Gasteiger partial charge in [-0.2, -0.15) is 5.10 Å². The van der Waals surface area contributed by atoms with Gasteiger partial charge in [-0.25, -0.2) is 4.68 Å². The molecule has 0 saturated heterocycles. The van der Waals surface area contributed by atoms with Crippen LogP contribution in [0.5, 0.6) is 0 Å². The van der Waals surface area contributed by atoms with Gasteiger partial charge in [0.25, 0.3) is 0 Å². The van der Waals surface area contributed by atoms with Crippen LogP contribution >= 0.6 is 15.9 Å². The third-order valence-corrected chi connectivity index (χ3v) is 2.89. The molecular weight excluding hydrogens is 268 g/mol. The molecule has 5 heteroatoms. The highest BCUT2D eigenvalue weighted by Crippen LogP contribution is 2.13. The lowest BCUT2D eigenvalue weighted by Crippen LogP contribution is -1.96. The molecule has 0 aliphatic rings. The van der Waals surface area contributed by atoms with Crippen LogP contribution in [0, 0.1) is 13.8 Å². The summed E-state index contributed by atoms with van der Waals surface area (Å²) in [5, 5.41) is 12.2. The van der Waals surface area contributed by atoms with E-state index in [1.807, 2.05) is 38.1 Å². The molecule has 0 fully saturated rings. The molecule has 0 atom stereocenters. The Morgan fingerprint density at radius 3 is 2.44 bits per heavy atom. The first-order valence-corrected chi connectivity index (χ1v) is 5.65. The van der Waals surface area contributed by atoms with Gasteiger partial charge in [-0.05, 0) is 19.9 Å². The molecule has 0 unspecified atom stereocenters. The van der Waals surface area contributed by atoms with Gasteiger partial charge in [0.05, 0.1) is 6.21 Å². The standard InChI is InChI=1S/C11H11BrN4/c1-8-14-15-9(2)16(8)13-7-10-5-3-4-6-11(10)12/h3-7H,1-2H3. The monoisotopic (exact) mass is 278 g/mol. The van der Waals surface area contributed by atoms with E-state index in [-0.39, 0.29) is 0 Å². The maximum atomic E-state index is 4.33. The number of nitrogens with zero attached hydrogens (tertiary/aromatic N) is 4. The van der Waals surface area contributed by atoms with E-state index in [1.54, 1.807) is 10.9 Å². The first-order valence-electron chi connectivity index (χ1n) is 4.86. The van der Waals surface area contributed by atoms with Crippen LogP contribution in [0.15, 0.2) is 33.8 Å². The molecule has 16 heavy (non-hydrogen) atoms. The van der Waals surface area contributed by atoms with Crippen LogP contribution in [-0.2, 0) is 0 Å². The summed E-state index contributed by atoms with van der Waals surface area (Å²) in [4.78, 5) is 0. The zero-order valence-corrected chi connectivity index (χ0v) is 10.6. The molecule has 0 aliphatic heterocycles. The smallest absolute Gasteiger partial charge is 0.151 e. The molecule has 82 valence electrons. The summed E-state index contributed by atoms with van der Waals surface area (Å²) in [6.07, 6.45) is 1.79. The number of hydrogen-bond donors (Lipinski definition) is 0. The summed E-state index contributed by atoms with van der Waals surface area (Å²) in [7, 11) is 0. The Morgan fingerprint density at radius 2 is 1.81 bits per heavy atom. The van der Waals surface area contributed by atoms with Crippen molar-refractivity contribution in [1.82, 2.24) is 14.9 Å². The van der Waals surface area contributed by atoms with E-state index in [4.69, 9.17) is 0 Å². The molecule has 2 rings (SSSR count). The number of rotatable bonds is 2. The minimum Gasteiger partial charge on any atom is -0.202 e. The van der Waals surface area contributed by atoms with Crippen molar-refractivity contribution >= 4 is 22.1 Å². The molecule has 2 aromatic rings. The van der Waals surface area contributed by atoms with E-state index in [0.717, 1.165) is 21.7 Å². The molecule has 1 aromatic carbocycles. The predicted molar refractivity (Wildman–Crippen MR) is 66.6 cm³/mol. The van der Waals surface area contributed by atoms with Crippen molar-refractivity contribution in [2.24, 2.45) is 5.10 Å². The van der Waals surface area contributed by atoms with Crippen LogP contribution in [-0.4, -0.2) is 21.1 Å². The van der Waals surface area contributed by atoms with Gasteiger partial charge in [-0.15, -0.1) is 10.2 Å². The highest BCUT2D eigenvalue weighted by atomic mass is 79.9. The minimum atomic E-state index is 0.779. The highest BCUT2D eigenvalue weighted by Gasteiger charge is 2.01. The zero-order valence-electron chi connectivity index (χ0n) is 9.05. The van der Waals surface area contributed by atoms with E-state index in [1.165, 1.54) is 0 Å². The van der Waals surface area contributed by atoms with Gasteiger partial charge in [0.2, 0.25) is 0 Å². The fourth-order valence-electron chi connectivity index (χ4n) is 1.33. The van der Waals surface area contributed by atoms with Gasteiger partial charge in [0, 0.05) is 10.0 Å². The fourth-order valence-corrected chi connectivity index (χ4v) is 1.72. The van der Waals surface area contributed by atoms with E-state index < -0.39 is 0 Å². The quantitative estimate of drug-likeness (QED) is 0.793. The SMILES string of the molecule is Cc1nnc(C)n1N=Cc1ccccc1Br. The van der Waals surface area contributed by atoms with Gasteiger partial charge in [0.15, 0.2) is 11.6 Å². The zero-order chi connectivity index (χ0) is 11.5. The van der Waals surface area contributed by atoms with Crippen molar-refractivity contribution in [3.05, 3.63) is 46.0 Å². The summed E-state index contributed by atoms with van der Waals surface area (Å²) in [5.74, 6) is 1.56. The van der Waals surface area contributed by atoms with Crippen molar-refractivity contribution in [3.63, 3.8) is 0 Å². The second kappa shape index (κ2) is 4.57. The van der Waals surface area contributed by atoms with E-state index in [9.17, 15) is 0 Å². The van der Waals surface area contributed by atoms with Crippen LogP contribution in [0.3, 0.4) is 0 Å². The van der Waals surface area contributed by atoms with Crippen molar-refractivity contribution in [3.8, 4) is 0 Å². The summed E-state index contributed by atoms with van der Waals surface area (Å²) in [6, 6.07) is 7.91. The molecule has 1 heterocycles. The molecule has 0 aliphatic carbocycles. The van der Waals surface area contributed by atoms with Gasteiger partial charge < -0.3 is 0 Å². The maximum Gasteiger partial charge on any atom is 0.151 e. The summed E-state index contributed by atoms with van der Waals surface area (Å²) >= 11 is 3.47. The van der Waals surface area contributed by atoms with Crippen LogP contribution in [0.4, 0.5) is 0 Å². The van der Waals surface area contributed by atoms with Crippen LogP contribution in [0.25, 0.3) is 0 Å². The molecule has 1 aromatic heterocycles. The molecule has 0 radical (unpaired) electrons. The van der Waals surface area contributed by atoms with Gasteiger partial charge in [0.1, 0.15) is 0 Å². The first-order chi connectivity index (χ1) is 7.68. The van der Waals surface area contributed by atoms with Crippen molar-refractivity contribution in [2.45, 2.75) is 13.8 Å². The molecule has 0 N–H and O–H groups in total. The van der Waals surface area contributed by atoms with Crippen LogP contribution in [0.2, 0.25) is 0 Å². The summed E-state index contributed by atoms with van der Waals surface area (Å²) < 4.78 is 2.72. The second-order valence-corrected chi connectivity index (χ2v) is 4.23. The lowest BCUT2D eigenvalue weighted by molar-refractivity contribution is 0.799. The fraction of sp³-hybridized carbons (Fsp3) is 0.182. The number of aryl methyl sites for hydroxylation is 2. The predicted octanol–water partition coefficient (Wildman–Crippen LogP) is 2.54. The third-order valence-electron chi connectivity index (χ3n) is 2.17. The Bertz CT molecular complexity index is 511. The van der Waals surface area contributed by atoms with E-state index >= 15 is 0 Å². The average Bonchev–Trinajstić information content (AvgIpc) is 2.58. The lowest BCUT2D eigenvalue weighted by atomic mass is 10.2. The Hall–Kier alpha value is -1.49. The number of benzene rings is 1. The molecule has 4 nitrogen and oxygen atoms in total. The summed E-state index contributed by atoms with van der Waals surface area (Å²) in [6.45, 7) is 3.74. The highest BCUT2D eigenvalue weighted by molar-refractivity contribution is 9.10. The number of aromatic nitrogens is 3. The minimum absolute atomic E-state index is 0.779. The molecular formula is C11H11BrN4. The third kappa shape index (κ3) is 2.19. The molecule has 0 amide bonds. The van der Waals surface area contributed by atoms with Gasteiger partial charge >= 0.3 is 0 Å². The van der Waals surface area contributed by atoms with Crippen molar-refractivity contribution in [1.29, 1.82) is 0 Å². The van der Waals surface area contributed by atoms with Gasteiger partial charge in [-0.3, -0.25) is 0 Å². The Kier molecular flexibility index (Phi) is 3.14. The topological polar surface area (TPSA) is 43.1 Å². The van der Waals surface area contributed by atoms with Gasteiger partial charge in [-0.1, -0.05) is 34.1 Å². The lowest BCUT2D eigenvalue weighted by Gasteiger charge is -1.99. The van der Waals surface area contributed by atoms with E-state index in [0.29, 0.717) is 0 Å². The van der Waals surface area contributed by atoms with E-state index in [2.05, 4.69) is 31.2 Å². The molecule has 0 saturated carbocycles. The Morgan fingerprint density at radius 1 is 1.19 bits per heavy atom. The summed E-state index contributed by atoms with van der Waals surface area (Å²) in [5.41, 5.74) is 1.02. The normalized spacial score (nSPS) is 11.2. The maximum absolute atomic E-state index is 4.33. The number of hydrogen-bond acceptors (Lipinski definition) is 3. The average molecular weight is 279 g/mol. The second-order valence-electron chi connectivity index (χ2n) is 3.37. The van der Waals surface area contributed by atoms with Crippen LogP contribution in [0.1, 0.15) is 17.2 Å². The van der Waals surface area contributed by atoms with Crippen molar-refractivity contribution in [2.75, 3.05) is 0 Å². The first kappa shape index (κ1) is 11.0. The molecule has 0 spiro atoms. The van der Waals surface area contributed by atoms with Crippen LogP contribution < -0.4 is 0 Å². The number of halogens is 1. The molecule has 0 bridgehead atoms.